The molecule has 3 N–H and O–H groups in total. The summed E-state index contributed by atoms with van der Waals surface area (Å²) < 4.78 is 5.00. The lowest BCUT2D eigenvalue weighted by molar-refractivity contribution is -0.139. The molecule has 2 amide bonds. The minimum Gasteiger partial charge on any atom is -0.482 e. The topological polar surface area (TPSA) is 117 Å². The minimum absolute atomic E-state index is 0.245. The van der Waals surface area contributed by atoms with E-state index in [0.717, 1.165) is 0 Å². The molecule has 2 aromatic carbocycles. The van der Waals surface area contributed by atoms with Crippen LogP contribution >= 0.6 is 11.6 Å². The van der Waals surface area contributed by atoms with Gasteiger partial charge in [0, 0.05) is 10.6 Å². The van der Waals surface area contributed by atoms with Crippen LogP contribution in [-0.4, -0.2) is 42.3 Å². The van der Waals surface area contributed by atoms with Gasteiger partial charge in [-0.05, 0) is 48.0 Å². The third-order valence-electron chi connectivity index (χ3n) is 3.14. The lowest BCUT2D eigenvalue weighted by Crippen LogP contribution is -2.34. The minimum atomic E-state index is -1.06. The number of nitrogens with zero attached hydrogens (tertiary/aromatic N) is 1. The van der Waals surface area contributed by atoms with E-state index >= 15 is 0 Å². The summed E-state index contributed by atoms with van der Waals surface area (Å²) in [5.74, 6) is -1.58. The molecular formula is C18H16ClN3O5. The van der Waals surface area contributed by atoms with E-state index in [2.05, 4.69) is 15.8 Å². The fraction of sp³-hybridized carbons (Fsp3) is 0.111. The number of nitrogens with one attached hydrogen (secondary N) is 2. The molecule has 9 heteroatoms. The fourth-order valence-corrected chi connectivity index (χ4v) is 2.10. The molecule has 0 aromatic heterocycles. The number of aliphatic carboxylic acids is 1. The lowest BCUT2D eigenvalue weighted by Gasteiger charge is -2.05. The summed E-state index contributed by atoms with van der Waals surface area (Å²) in [5, 5.41) is 15.2. The monoisotopic (exact) mass is 389 g/mol. The molecule has 0 atom stereocenters. The van der Waals surface area contributed by atoms with Gasteiger partial charge in [0.2, 0.25) is 0 Å². The average molecular weight is 390 g/mol. The normalized spacial score (nSPS) is 10.4. The third kappa shape index (κ3) is 7.17. The van der Waals surface area contributed by atoms with Crippen LogP contribution in [0.1, 0.15) is 15.9 Å². The maximum atomic E-state index is 11.9. The van der Waals surface area contributed by atoms with Crippen molar-refractivity contribution < 1.29 is 24.2 Å². The summed E-state index contributed by atoms with van der Waals surface area (Å²) in [4.78, 5) is 34.0. The number of rotatable bonds is 8. The van der Waals surface area contributed by atoms with Crippen molar-refractivity contribution in [2.24, 2.45) is 5.10 Å². The Hall–Kier alpha value is -3.39. The molecule has 2 rings (SSSR count). The molecule has 0 bridgehead atoms. The van der Waals surface area contributed by atoms with E-state index in [-0.39, 0.29) is 6.54 Å². The van der Waals surface area contributed by atoms with Crippen molar-refractivity contribution >= 4 is 35.6 Å². The summed E-state index contributed by atoms with van der Waals surface area (Å²) in [6, 6.07) is 12.8. The van der Waals surface area contributed by atoms with Crippen LogP contribution in [0.4, 0.5) is 0 Å². The first-order valence-electron chi connectivity index (χ1n) is 7.74. The van der Waals surface area contributed by atoms with Crippen molar-refractivity contribution in [1.29, 1.82) is 0 Å². The fourth-order valence-electron chi connectivity index (χ4n) is 1.91. The number of halogens is 1. The van der Waals surface area contributed by atoms with Crippen molar-refractivity contribution in [3.63, 3.8) is 0 Å². The van der Waals surface area contributed by atoms with Gasteiger partial charge in [0.1, 0.15) is 5.75 Å². The van der Waals surface area contributed by atoms with E-state index in [9.17, 15) is 14.4 Å². The van der Waals surface area contributed by atoms with Crippen LogP contribution < -0.4 is 15.5 Å². The number of carboxylic acids is 1. The Labute approximate surface area is 159 Å². The van der Waals surface area contributed by atoms with E-state index in [1.165, 1.54) is 12.3 Å². The molecule has 0 saturated carbocycles. The Balaban J connectivity index is 1.76. The van der Waals surface area contributed by atoms with Crippen molar-refractivity contribution in [1.82, 2.24) is 10.7 Å². The number of ether oxygens (including phenoxy) is 1. The van der Waals surface area contributed by atoms with Gasteiger partial charge >= 0.3 is 5.97 Å². The number of carbonyl (C=O) groups excluding carboxylic acids is 2. The van der Waals surface area contributed by atoms with Gasteiger partial charge in [0.05, 0.1) is 12.8 Å². The standard InChI is InChI=1S/C18H16ClN3O5/c19-14-3-1-2-13(8-14)18(26)20-10-16(23)22-21-9-12-4-6-15(7-5-12)27-11-17(24)25/h1-9H,10-11H2,(H,20,26)(H,22,23)(H,24,25). The van der Waals surface area contributed by atoms with Gasteiger partial charge in [-0.1, -0.05) is 17.7 Å². The predicted octanol–water partition coefficient (Wildman–Crippen LogP) is 1.68. The second kappa shape index (κ2) is 9.93. The molecule has 0 heterocycles. The van der Waals surface area contributed by atoms with Gasteiger partial charge < -0.3 is 15.2 Å². The molecule has 140 valence electrons. The highest BCUT2D eigenvalue weighted by atomic mass is 35.5. The SMILES string of the molecule is O=C(O)COc1ccc(C=NNC(=O)CNC(=O)c2cccc(Cl)c2)cc1. The highest BCUT2D eigenvalue weighted by molar-refractivity contribution is 6.30. The van der Waals surface area contributed by atoms with Gasteiger partial charge in [-0.15, -0.1) is 0 Å². The molecule has 0 spiro atoms. The van der Waals surface area contributed by atoms with Crippen LogP contribution in [0.15, 0.2) is 53.6 Å². The largest absolute Gasteiger partial charge is 0.482 e. The molecule has 0 saturated heterocycles. The van der Waals surface area contributed by atoms with Gasteiger partial charge in [0.15, 0.2) is 6.61 Å². The number of benzene rings is 2. The van der Waals surface area contributed by atoms with E-state index in [4.69, 9.17) is 21.4 Å². The first-order chi connectivity index (χ1) is 12.9. The zero-order valence-electron chi connectivity index (χ0n) is 14.0. The molecule has 0 unspecified atom stereocenters. The molecule has 0 radical (unpaired) electrons. The van der Waals surface area contributed by atoms with Crippen LogP contribution in [0.5, 0.6) is 5.75 Å². The second-order valence-electron chi connectivity index (χ2n) is 5.24. The van der Waals surface area contributed by atoms with Crippen LogP contribution in [0.3, 0.4) is 0 Å². The van der Waals surface area contributed by atoms with Gasteiger partial charge in [0.25, 0.3) is 11.8 Å². The number of hydrogen-bond donors (Lipinski definition) is 3. The zero-order valence-corrected chi connectivity index (χ0v) is 14.8. The Kier molecular flexibility index (Phi) is 7.33. The molecule has 27 heavy (non-hydrogen) atoms. The van der Waals surface area contributed by atoms with Crippen LogP contribution in [0, 0.1) is 0 Å². The number of hydrogen-bond acceptors (Lipinski definition) is 5. The third-order valence-corrected chi connectivity index (χ3v) is 3.38. The second-order valence-corrected chi connectivity index (χ2v) is 5.67. The van der Waals surface area contributed by atoms with Crippen LogP contribution in [0.2, 0.25) is 5.02 Å². The quantitative estimate of drug-likeness (QED) is 0.469. The van der Waals surface area contributed by atoms with E-state index in [1.54, 1.807) is 42.5 Å². The van der Waals surface area contributed by atoms with Gasteiger partial charge in [-0.3, -0.25) is 9.59 Å². The smallest absolute Gasteiger partial charge is 0.341 e. The molecule has 8 nitrogen and oxygen atoms in total. The Bertz CT molecular complexity index is 852. The summed E-state index contributed by atoms with van der Waals surface area (Å²) in [7, 11) is 0. The molecule has 0 fully saturated rings. The Morgan fingerprint density at radius 3 is 2.56 bits per heavy atom. The molecular weight excluding hydrogens is 374 g/mol. The van der Waals surface area contributed by atoms with E-state index < -0.39 is 24.4 Å². The Morgan fingerprint density at radius 2 is 1.89 bits per heavy atom. The summed E-state index contributed by atoms with van der Waals surface area (Å²) in [5.41, 5.74) is 3.30. The Morgan fingerprint density at radius 1 is 1.15 bits per heavy atom. The maximum absolute atomic E-state index is 11.9. The van der Waals surface area contributed by atoms with Crippen molar-refractivity contribution in [2.45, 2.75) is 0 Å². The first-order valence-corrected chi connectivity index (χ1v) is 8.12. The molecule has 0 aliphatic rings. The van der Waals surface area contributed by atoms with Crippen LogP contribution in [-0.2, 0) is 9.59 Å². The first kappa shape index (κ1) is 19.9. The number of carbonyl (C=O) groups is 3. The maximum Gasteiger partial charge on any atom is 0.341 e. The van der Waals surface area contributed by atoms with Crippen molar-refractivity contribution in [2.75, 3.05) is 13.2 Å². The summed E-state index contributed by atoms with van der Waals surface area (Å²) in [6.07, 6.45) is 1.40. The molecule has 0 aliphatic carbocycles. The summed E-state index contributed by atoms with van der Waals surface area (Å²) >= 11 is 5.81. The zero-order chi connectivity index (χ0) is 19.6. The van der Waals surface area contributed by atoms with Crippen molar-refractivity contribution in [3.8, 4) is 5.75 Å². The summed E-state index contributed by atoms with van der Waals surface area (Å²) in [6.45, 7) is -0.672. The predicted molar refractivity (Wildman–Crippen MR) is 99.1 cm³/mol. The number of hydrazone groups is 1. The van der Waals surface area contributed by atoms with Gasteiger partial charge in [-0.2, -0.15) is 5.10 Å². The molecule has 0 aliphatic heterocycles. The molecule has 2 aromatic rings. The van der Waals surface area contributed by atoms with Crippen LogP contribution in [0.25, 0.3) is 0 Å². The van der Waals surface area contributed by atoms with Gasteiger partial charge in [-0.25, -0.2) is 10.2 Å². The van der Waals surface area contributed by atoms with E-state index in [1.807, 2.05) is 0 Å². The lowest BCUT2D eigenvalue weighted by atomic mass is 10.2. The highest BCUT2D eigenvalue weighted by Gasteiger charge is 2.07. The highest BCUT2D eigenvalue weighted by Crippen LogP contribution is 2.11. The average Bonchev–Trinajstić information content (AvgIpc) is 2.65. The number of carboxylic acid groups (broad SMARTS) is 1. The van der Waals surface area contributed by atoms with Crippen molar-refractivity contribution in [3.05, 3.63) is 64.7 Å². The number of amides is 2. The van der Waals surface area contributed by atoms with E-state index in [0.29, 0.717) is 21.9 Å².